The van der Waals surface area contributed by atoms with Gasteiger partial charge in [0, 0.05) is 18.7 Å². The zero-order valence-corrected chi connectivity index (χ0v) is 17.3. The number of hydrogen-bond donors (Lipinski definition) is 1. The molecule has 1 fully saturated rings. The van der Waals surface area contributed by atoms with Gasteiger partial charge in [0.05, 0.1) is 26.0 Å². The van der Waals surface area contributed by atoms with Crippen molar-refractivity contribution in [2.75, 3.05) is 26.5 Å². The van der Waals surface area contributed by atoms with E-state index in [9.17, 15) is 9.59 Å². The predicted octanol–water partition coefficient (Wildman–Crippen LogP) is 2.45. The molecule has 3 rings (SSSR count). The highest BCUT2D eigenvalue weighted by atomic mass is 32.2. The summed E-state index contributed by atoms with van der Waals surface area (Å²) in [5, 5.41) is 7.05. The summed E-state index contributed by atoms with van der Waals surface area (Å²) in [5.74, 6) is 1.75. The van der Waals surface area contributed by atoms with E-state index in [1.54, 1.807) is 18.8 Å². The van der Waals surface area contributed by atoms with Gasteiger partial charge < -0.3 is 14.4 Å². The van der Waals surface area contributed by atoms with Crippen molar-refractivity contribution in [1.29, 1.82) is 0 Å². The second-order valence-electron chi connectivity index (χ2n) is 6.60. The summed E-state index contributed by atoms with van der Waals surface area (Å²) in [6.07, 6.45) is 2.64. The van der Waals surface area contributed by atoms with Crippen LogP contribution >= 0.6 is 11.8 Å². The van der Waals surface area contributed by atoms with E-state index in [0.29, 0.717) is 18.2 Å². The van der Waals surface area contributed by atoms with Gasteiger partial charge in [-0.05, 0) is 37.5 Å². The van der Waals surface area contributed by atoms with E-state index in [1.807, 2.05) is 30.0 Å². The Labute approximate surface area is 168 Å². The number of rotatable bonds is 8. The van der Waals surface area contributed by atoms with Gasteiger partial charge in [-0.15, -0.1) is 5.10 Å². The lowest BCUT2D eigenvalue weighted by Gasteiger charge is -2.26. The lowest BCUT2D eigenvalue weighted by Crippen LogP contribution is -2.32. The molecule has 152 valence electrons. The monoisotopic (exact) mass is 406 g/mol. The predicted molar refractivity (Wildman–Crippen MR) is 107 cm³/mol. The summed E-state index contributed by atoms with van der Waals surface area (Å²) in [4.78, 5) is 26.6. The summed E-state index contributed by atoms with van der Waals surface area (Å²) < 4.78 is 12.4. The SMILES string of the molecule is CCCn1c(SCC(=O)N2CCC[C@@H]2c2cc(OC)ccc2OC)n[nH]c1=O. The van der Waals surface area contributed by atoms with Gasteiger partial charge >= 0.3 is 5.69 Å². The molecule has 0 unspecified atom stereocenters. The Hall–Kier alpha value is -2.42. The second kappa shape index (κ2) is 9.18. The lowest BCUT2D eigenvalue weighted by molar-refractivity contribution is -0.129. The van der Waals surface area contributed by atoms with Crippen LogP contribution in [-0.4, -0.2) is 52.1 Å². The van der Waals surface area contributed by atoms with Crippen molar-refractivity contribution in [2.45, 2.75) is 43.9 Å². The van der Waals surface area contributed by atoms with Crippen LogP contribution < -0.4 is 15.2 Å². The molecule has 1 N–H and O–H groups in total. The van der Waals surface area contributed by atoms with E-state index in [-0.39, 0.29) is 23.4 Å². The Morgan fingerprint density at radius 2 is 2.18 bits per heavy atom. The number of thioether (sulfide) groups is 1. The maximum Gasteiger partial charge on any atom is 0.343 e. The van der Waals surface area contributed by atoms with Crippen LogP contribution in [0.2, 0.25) is 0 Å². The van der Waals surface area contributed by atoms with Crippen molar-refractivity contribution in [1.82, 2.24) is 19.7 Å². The molecule has 2 heterocycles. The number of aromatic amines is 1. The normalized spacial score (nSPS) is 16.4. The van der Waals surface area contributed by atoms with Crippen LogP contribution in [0.25, 0.3) is 0 Å². The van der Waals surface area contributed by atoms with Crippen LogP contribution in [0.5, 0.6) is 11.5 Å². The molecule has 0 spiro atoms. The molecule has 0 bridgehead atoms. The average Bonchev–Trinajstić information content (AvgIpc) is 3.33. The van der Waals surface area contributed by atoms with Gasteiger partial charge in [0.1, 0.15) is 11.5 Å². The van der Waals surface area contributed by atoms with Gasteiger partial charge in [-0.3, -0.25) is 9.36 Å². The number of benzene rings is 1. The van der Waals surface area contributed by atoms with Gasteiger partial charge in [0.2, 0.25) is 5.91 Å². The van der Waals surface area contributed by atoms with E-state index in [4.69, 9.17) is 9.47 Å². The molecule has 1 atom stereocenters. The first-order chi connectivity index (χ1) is 13.6. The van der Waals surface area contributed by atoms with Crippen molar-refractivity contribution in [3.63, 3.8) is 0 Å². The van der Waals surface area contributed by atoms with Crippen LogP contribution in [0.1, 0.15) is 37.8 Å². The maximum atomic E-state index is 12.9. The summed E-state index contributed by atoms with van der Waals surface area (Å²) in [7, 11) is 3.26. The number of amides is 1. The summed E-state index contributed by atoms with van der Waals surface area (Å²) >= 11 is 1.29. The molecule has 28 heavy (non-hydrogen) atoms. The molecule has 2 aromatic rings. The summed E-state index contributed by atoms with van der Waals surface area (Å²) in [6, 6.07) is 5.62. The van der Waals surface area contributed by atoms with Gasteiger partial charge in [-0.2, -0.15) is 0 Å². The number of ether oxygens (including phenoxy) is 2. The first kappa shape index (κ1) is 20.3. The quantitative estimate of drug-likeness (QED) is 0.678. The number of H-pyrrole nitrogens is 1. The fourth-order valence-electron chi connectivity index (χ4n) is 3.53. The highest BCUT2D eigenvalue weighted by molar-refractivity contribution is 7.99. The van der Waals surface area contributed by atoms with Crippen molar-refractivity contribution in [2.24, 2.45) is 0 Å². The van der Waals surface area contributed by atoms with E-state index < -0.39 is 0 Å². The fourth-order valence-corrected chi connectivity index (χ4v) is 4.39. The second-order valence-corrected chi connectivity index (χ2v) is 7.55. The average molecular weight is 407 g/mol. The molecule has 1 amide bonds. The first-order valence-electron chi connectivity index (χ1n) is 9.38. The van der Waals surface area contributed by atoms with Gasteiger partial charge in [0.25, 0.3) is 0 Å². The van der Waals surface area contributed by atoms with Crippen molar-refractivity contribution in [3.8, 4) is 11.5 Å². The number of nitrogens with zero attached hydrogens (tertiary/aromatic N) is 3. The van der Waals surface area contributed by atoms with Crippen LogP contribution in [-0.2, 0) is 11.3 Å². The van der Waals surface area contributed by atoms with Crippen molar-refractivity contribution >= 4 is 17.7 Å². The minimum atomic E-state index is -0.239. The van der Waals surface area contributed by atoms with Crippen LogP contribution in [0.3, 0.4) is 0 Å². The Morgan fingerprint density at radius 3 is 2.89 bits per heavy atom. The summed E-state index contributed by atoms with van der Waals surface area (Å²) in [5.41, 5.74) is 0.720. The number of likely N-dealkylation sites (tertiary alicyclic amines) is 1. The smallest absolute Gasteiger partial charge is 0.343 e. The fraction of sp³-hybridized carbons (Fsp3) is 0.526. The van der Waals surface area contributed by atoms with E-state index in [0.717, 1.165) is 36.3 Å². The molecule has 9 heteroatoms. The number of hydrogen-bond acceptors (Lipinski definition) is 6. The van der Waals surface area contributed by atoms with E-state index in [1.165, 1.54) is 11.8 Å². The number of carbonyl (C=O) groups is 1. The number of methoxy groups -OCH3 is 2. The minimum absolute atomic E-state index is 0.0240. The standard InChI is InChI=1S/C19H26N4O4S/c1-4-9-23-18(25)20-21-19(23)28-12-17(24)22-10-5-6-15(22)14-11-13(26-2)7-8-16(14)27-3/h7-8,11,15H,4-6,9-10,12H2,1-3H3,(H,20,25)/t15-/m1/s1. The number of carbonyl (C=O) groups excluding carboxylic acids is 1. The maximum absolute atomic E-state index is 12.9. The molecule has 0 aliphatic carbocycles. The molecule has 0 radical (unpaired) electrons. The highest BCUT2D eigenvalue weighted by Gasteiger charge is 2.32. The van der Waals surface area contributed by atoms with Crippen LogP contribution in [0.4, 0.5) is 0 Å². The Morgan fingerprint density at radius 1 is 1.36 bits per heavy atom. The van der Waals surface area contributed by atoms with Crippen molar-refractivity contribution in [3.05, 3.63) is 34.2 Å². The Balaban J connectivity index is 1.74. The van der Waals surface area contributed by atoms with E-state index in [2.05, 4.69) is 10.2 Å². The zero-order valence-electron chi connectivity index (χ0n) is 16.4. The molecule has 0 saturated carbocycles. The summed E-state index contributed by atoms with van der Waals surface area (Å²) in [6.45, 7) is 3.28. The van der Waals surface area contributed by atoms with Gasteiger partial charge in [-0.25, -0.2) is 9.89 Å². The molecule has 1 aromatic carbocycles. The number of aromatic nitrogens is 3. The molecule has 1 saturated heterocycles. The molecule has 1 aliphatic rings. The molecule has 8 nitrogen and oxygen atoms in total. The first-order valence-corrected chi connectivity index (χ1v) is 10.4. The molecular formula is C19H26N4O4S. The topological polar surface area (TPSA) is 89.4 Å². The highest BCUT2D eigenvalue weighted by Crippen LogP contribution is 2.39. The van der Waals surface area contributed by atoms with Crippen LogP contribution in [0, 0.1) is 0 Å². The van der Waals surface area contributed by atoms with Crippen molar-refractivity contribution < 1.29 is 14.3 Å². The molecule has 1 aliphatic heterocycles. The molecule has 1 aromatic heterocycles. The Bertz CT molecular complexity index is 879. The Kier molecular flexibility index (Phi) is 6.66. The minimum Gasteiger partial charge on any atom is -0.497 e. The lowest BCUT2D eigenvalue weighted by atomic mass is 10.0. The van der Waals surface area contributed by atoms with Gasteiger partial charge in [0.15, 0.2) is 5.16 Å². The van der Waals surface area contributed by atoms with E-state index >= 15 is 0 Å². The zero-order chi connectivity index (χ0) is 20.1. The third kappa shape index (κ3) is 4.19. The molecular weight excluding hydrogens is 380 g/mol. The third-order valence-corrected chi connectivity index (χ3v) is 5.83. The number of nitrogens with one attached hydrogen (secondary N) is 1. The largest absolute Gasteiger partial charge is 0.497 e. The van der Waals surface area contributed by atoms with Gasteiger partial charge in [-0.1, -0.05) is 18.7 Å². The van der Waals surface area contributed by atoms with Crippen LogP contribution in [0.15, 0.2) is 28.2 Å². The third-order valence-electron chi connectivity index (χ3n) is 4.86.